The maximum atomic E-state index is 12.5. The fraction of sp³-hybridized carbons (Fsp3) is 0.789. The second kappa shape index (κ2) is 35.1. The Kier molecular flexibility index (Phi) is 33.8. The summed E-state index contributed by atoms with van der Waals surface area (Å²) in [6, 6.07) is 0. The first-order valence-corrected chi connectivity index (χ1v) is 20.5. The first-order chi connectivity index (χ1) is 23.3. The monoisotopic (exact) mass is 699 g/mol. The average Bonchev–Trinajstić information content (AvgIpc) is 3.07. The second-order valence-corrected chi connectivity index (χ2v) is 13.9. The van der Waals surface area contributed by atoms with Gasteiger partial charge in [-0.05, 0) is 44.9 Å². The van der Waals surface area contributed by atoms with Crippen LogP contribution in [0.2, 0.25) is 0 Å². The second-order valence-electron chi connectivity index (χ2n) is 12.4. The lowest BCUT2D eigenvalue weighted by atomic mass is 10.0. The van der Waals surface area contributed by atoms with Gasteiger partial charge in [-0.2, -0.15) is 0 Å². The molecule has 3 N–H and O–H groups in total. The summed E-state index contributed by atoms with van der Waals surface area (Å²) in [5.74, 6) is -0.849. The van der Waals surface area contributed by atoms with Crippen molar-refractivity contribution in [2.24, 2.45) is 5.73 Å². The van der Waals surface area contributed by atoms with E-state index >= 15 is 0 Å². The van der Waals surface area contributed by atoms with Crippen molar-refractivity contribution < 1.29 is 37.6 Å². The van der Waals surface area contributed by atoms with E-state index in [9.17, 15) is 19.0 Å². The average molecular weight is 700 g/mol. The first kappa shape index (κ1) is 46.2. The molecule has 9 nitrogen and oxygen atoms in total. The molecule has 0 heterocycles. The van der Waals surface area contributed by atoms with Crippen molar-refractivity contribution in [1.29, 1.82) is 0 Å². The van der Waals surface area contributed by atoms with Crippen LogP contribution in [-0.2, 0) is 32.7 Å². The number of ether oxygens (including phenoxy) is 2. The molecule has 10 heteroatoms. The van der Waals surface area contributed by atoms with Crippen LogP contribution in [0.3, 0.4) is 0 Å². The molecule has 0 spiro atoms. The fourth-order valence-corrected chi connectivity index (χ4v) is 5.77. The molecule has 0 saturated heterocycles. The van der Waals surface area contributed by atoms with Crippen LogP contribution in [0.25, 0.3) is 0 Å². The maximum absolute atomic E-state index is 12.5. The third-order valence-corrected chi connectivity index (χ3v) is 8.77. The summed E-state index contributed by atoms with van der Waals surface area (Å²) in [6.45, 7) is 3.58. The van der Waals surface area contributed by atoms with Crippen LogP contribution in [0.1, 0.15) is 162 Å². The van der Waals surface area contributed by atoms with Gasteiger partial charge in [-0.1, -0.05) is 140 Å². The number of phosphoric acid groups is 1. The number of nitrogens with two attached hydrogens (primary N) is 1. The molecule has 0 bridgehead atoms. The Morgan fingerprint density at radius 1 is 0.646 bits per heavy atom. The number of hydrogen-bond donors (Lipinski definition) is 2. The zero-order valence-corrected chi connectivity index (χ0v) is 31.4. The van der Waals surface area contributed by atoms with Gasteiger partial charge in [0.05, 0.1) is 13.2 Å². The van der Waals surface area contributed by atoms with Crippen molar-refractivity contribution in [3.05, 3.63) is 36.5 Å². The summed E-state index contributed by atoms with van der Waals surface area (Å²) in [4.78, 5) is 34.7. The third-order valence-electron chi connectivity index (χ3n) is 7.79. The smallest absolute Gasteiger partial charge is 0.462 e. The predicted molar refractivity (Wildman–Crippen MR) is 197 cm³/mol. The van der Waals surface area contributed by atoms with Crippen molar-refractivity contribution in [2.75, 3.05) is 26.4 Å². The van der Waals surface area contributed by atoms with E-state index in [4.69, 9.17) is 24.3 Å². The number of hydrogen-bond acceptors (Lipinski definition) is 8. The van der Waals surface area contributed by atoms with E-state index < -0.39 is 26.5 Å². The SMILES string of the molecule is CCC=CCC=CCC=CCCCCCCCC(=O)O[C@H](COC(=O)CCCCCCCCCCCCCC)COP(=O)(O)OCCN. The molecule has 0 aliphatic rings. The highest BCUT2D eigenvalue weighted by atomic mass is 31.2. The van der Waals surface area contributed by atoms with Gasteiger partial charge < -0.3 is 20.1 Å². The molecule has 0 aromatic rings. The van der Waals surface area contributed by atoms with Crippen LogP contribution in [0.5, 0.6) is 0 Å². The van der Waals surface area contributed by atoms with Crippen LogP contribution >= 0.6 is 7.82 Å². The topological polar surface area (TPSA) is 134 Å². The molecule has 0 aromatic carbocycles. The number of phosphoric ester groups is 1. The number of rotatable bonds is 35. The fourth-order valence-electron chi connectivity index (χ4n) is 5.00. The molecule has 0 saturated carbocycles. The van der Waals surface area contributed by atoms with Gasteiger partial charge >= 0.3 is 19.8 Å². The summed E-state index contributed by atoms with van der Waals surface area (Å²) in [5.41, 5.74) is 5.33. The first-order valence-electron chi connectivity index (χ1n) is 19.0. The largest absolute Gasteiger partial charge is 0.472 e. The standard InChI is InChI=1S/C38H70NO8P/c1-3-5-7-9-11-13-15-17-18-19-21-23-25-27-29-31-38(41)47-36(35-46-48(42,43)45-33-32-39)34-44-37(40)30-28-26-24-22-20-16-14-12-10-8-6-4-2/h5,7,11,13,17-18,36H,3-4,6,8-10,12,14-16,19-35,39H2,1-2H3,(H,42,43)/t36-/m1/s1. The van der Waals surface area contributed by atoms with E-state index in [1.807, 2.05) is 0 Å². The van der Waals surface area contributed by atoms with Gasteiger partial charge in [0, 0.05) is 19.4 Å². The lowest BCUT2D eigenvalue weighted by Crippen LogP contribution is -2.29. The van der Waals surface area contributed by atoms with E-state index in [-0.39, 0.29) is 38.6 Å². The van der Waals surface area contributed by atoms with Crippen molar-refractivity contribution in [1.82, 2.24) is 0 Å². The number of allylic oxidation sites excluding steroid dienone is 6. The molecule has 48 heavy (non-hydrogen) atoms. The number of unbranched alkanes of at least 4 members (excludes halogenated alkanes) is 16. The minimum atomic E-state index is -4.37. The van der Waals surface area contributed by atoms with E-state index in [0.29, 0.717) is 6.42 Å². The van der Waals surface area contributed by atoms with Crippen molar-refractivity contribution >= 4 is 19.8 Å². The summed E-state index contributed by atoms with van der Waals surface area (Å²) < 4.78 is 32.6. The van der Waals surface area contributed by atoms with Gasteiger partial charge in [0.15, 0.2) is 6.10 Å². The molecule has 0 radical (unpaired) electrons. The normalized spacial score (nSPS) is 13.8. The van der Waals surface area contributed by atoms with Crippen LogP contribution < -0.4 is 5.73 Å². The Labute approximate surface area is 293 Å². The Morgan fingerprint density at radius 3 is 1.71 bits per heavy atom. The molecular weight excluding hydrogens is 629 g/mol. The van der Waals surface area contributed by atoms with Gasteiger partial charge in [0.1, 0.15) is 6.61 Å². The quantitative estimate of drug-likeness (QED) is 0.0287. The molecule has 1 unspecified atom stereocenters. The van der Waals surface area contributed by atoms with Gasteiger partial charge in [0.25, 0.3) is 0 Å². The van der Waals surface area contributed by atoms with Gasteiger partial charge in [-0.25, -0.2) is 4.57 Å². The molecule has 0 rings (SSSR count). The predicted octanol–water partition coefficient (Wildman–Crippen LogP) is 10.2. The van der Waals surface area contributed by atoms with Crippen LogP contribution in [0.4, 0.5) is 0 Å². The third kappa shape index (κ3) is 34.1. The highest BCUT2D eigenvalue weighted by molar-refractivity contribution is 7.47. The van der Waals surface area contributed by atoms with Gasteiger partial charge in [0.2, 0.25) is 0 Å². The molecule has 0 aliphatic heterocycles. The number of esters is 2. The zero-order chi connectivity index (χ0) is 35.4. The Bertz CT molecular complexity index is 892. The van der Waals surface area contributed by atoms with Crippen LogP contribution in [-0.4, -0.2) is 49.3 Å². The van der Waals surface area contributed by atoms with Crippen molar-refractivity contribution in [3.8, 4) is 0 Å². The number of carbonyl (C=O) groups is 2. The summed E-state index contributed by atoms with van der Waals surface area (Å²) in [5, 5.41) is 0. The van der Waals surface area contributed by atoms with Crippen LogP contribution in [0, 0.1) is 0 Å². The molecule has 0 amide bonds. The maximum Gasteiger partial charge on any atom is 0.472 e. The lowest BCUT2D eigenvalue weighted by molar-refractivity contribution is -0.161. The summed E-state index contributed by atoms with van der Waals surface area (Å²) in [6.07, 6.45) is 36.0. The minimum absolute atomic E-state index is 0.0504. The summed E-state index contributed by atoms with van der Waals surface area (Å²) >= 11 is 0. The Hall–Kier alpha value is -1.77. The molecular formula is C38H70NO8P. The lowest BCUT2D eigenvalue weighted by Gasteiger charge is -2.19. The molecule has 2 atom stereocenters. The zero-order valence-electron chi connectivity index (χ0n) is 30.5. The van der Waals surface area contributed by atoms with E-state index in [2.05, 4.69) is 50.3 Å². The van der Waals surface area contributed by atoms with Gasteiger partial charge in [-0.3, -0.25) is 18.6 Å². The minimum Gasteiger partial charge on any atom is -0.462 e. The molecule has 0 aliphatic carbocycles. The van der Waals surface area contributed by atoms with E-state index in [1.54, 1.807) is 0 Å². The van der Waals surface area contributed by atoms with Crippen LogP contribution in [0.15, 0.2) is 36.5 Å². The Balaban J connectivity index is 4.25. The van der Waals surface area contributed by atoms with Gasteiger partial charge in [-0.15, -0.1) is 0 Å². The summed E-state index contributed by atoms with van der Waals surface area (Å²) in [7, 11) is -4.37. The highest BCUT2D eigenvalue weighted by Gasteiger charge is 2.25. The molecule has 280 valence electrons. The highest BCUT2D eigenvalue weighted by Crippen LogP contribution is 2.43. The van der Waals surface area contributed by atoms with E-state index in [0.717, 1.165) is 70.6 Å². The number of carbonyl (C=O) groups excluding carboxylic acids is 2. The Morgan fingerprint density at radius 2 is 1.15 bits per heavy atom. The molecule has 0 aromatic heterocycles. The molecule has 0 fully saturated rings. The van der Waals surface area contributed by atoms with E-state index in [1.165, 1.54) is 57.8 Å². The van der Waals surface area contributed by atoms with Crippen molar-refractivity contribution in [3.63, 3.8) is 0 Å². The van der Waals surface area contributed by atoms with Crippen molar-refractivity contribution in [2.45, 2.75) is 168 Å².